The fourth-order valence-electron chi connectivity index (χ4n) is 3.23. The summed E-state index contributed by atoms with van der Waals surface area (Å²) in [7, 11) is -2.76. The van der Waals surface area contributed by atoms with Gasteiger partial charge in [-0.1, -0.05) is 11.0 Å². The summed E-state index contributed by atoms with van der Waals surface area (Å²) in [6, 6.07) is 10.4. The minimum Gasteiger partial charge on any atom is -0.348 e. The topological polar surface area (TPSA) is 102 Å². The number of benzene rings is 2. The van der Waals surface area contributed by atoms with Gasteiger partial charge in [-0.15, -0.1) is 0 Å². The van der Waals surface area contributed by atoms with Crippen molar-refractivity contribution in [3.8, 4) is 5.69 Å². The average molecular weight is 482 g/mol. The molecule has 0 spiro atoms. The van der Waals surface area contributed by atoms with E-state index in [0.29, 0.717) is 11.4 Å². The molecular weight excluding hydrogens is 461 g/mol. The van der Waals surface area contributed by atoms with Crippen LogP contribution >= 0.6 is 0 Å². The molecule has 0 fully saturated rings. The van der Waals surface area contributed by atoms with Crippen LogP contribution in [0.1, 0.15) is 32.9 Å². The maximum atomic E-state index is 13.7. The minimum atomic E-state index is -4.64. The molecule has 0 saturated carbocycles. The van der Waals surface area contributed by atoms with E-state index in [1.165, 1.54) is 41.1 Å². The molecule has 1 heterocycles. The zero-order valence-corrected chi connectivity index (χ0v) is 18.7. The maximum Gasteiger partial charge on any atom is 0.416 e. The Morgan fingerprint density at radius 3 is 2.30 bits per heavy atom. The van der Waals surface area contributed by atoms with Crippen LogP contribution in [0.2, 0.25) is 0 Å². The Bertz CT molecular complexity index is 1270. The molecule has 3 aromatic rings. The van der Waals surface area contributed by atoms with Gasteiger partial charge in [0.1, 0.15) is 0 Å². The molecule has 12 heteroatoms. The van der Waals surface area contributed by atoms with Crippen molar-refractivity contribution < 1.29 is 31.2 Å². The number of carbonyl (C=O) groups is 1. The van der Waals surface area contributed by atoms with Crippen molar-refractivity contribution in [1.82, 2.24) is 20.0 Å². The highest BCUT2D eigenvalue weighted by molar-refractivity contribution is 7.89. The van der Waals surface area contributed by atoms with Gasteiger partial charge in [0.25, 0.3) is 15.9 Å². The number of hydrogen-bond donors (Lipinski definition) is 2. The van der Waals surface area contributed by atoms with Gasteiger partial charge in [0.2, 0.25) is 0 Å². The highest BCUT2D eigenvalue weighted by Gasteiger charge is 2.34. The van der Waals surface area contributed by atoms with Gasteiger partial charge in [-0.05, 0) is 61.9 Å². The summed E-state index contributed by atoms with van der Waals surface area (Å²) < 4.78 is 66.2. The lowest BCUT2D eigenvalue weighted by Gasteiger charge is -2.16. The number of sulfonamides is 1. The highest BCUT2D eigenvalue weighted by atomic mass is 32.2. The molecular formula is C21H21F3N4O4S. The van der Waals surface area contributed by atoms with Crippen molar-refractivity contribution >= 4 is 15.9 Å². The standard InChI is InChI=1S/C21H21F3N4O4S/c1-13-10-14(2)28(26-13)17-7-4-16(19(11-17)21(22,23)24)12-25-20(29)15-5-8-18(9-6-15)33(30,31)27-32-3/h4-11,27H,12H2,1-3H3,(H,25,29). The number of halogens is 3. The van der Waals surface area contributed by atoms with Crippen LogP contribution in [-0.4, -0.2) is 31.2 Å². The SMILES string of the molecule is CONS(=O)(=O)c1ccc(C(=O)NCc2ccc(-n3nc(C)cc3C)cc2C(F)(F)F)cc1. The minimum absolute atomic E-state index is 0.0826. The number of alkyl halides is 3. The molecule has 0 aliphatic carbocycles. The first-order chi connectivity index (χ1) is 15.4. The summed E-state index contributed by atoms with van der Waals surface area (Å²) in [5.41, 5.74) is 0.690. The Kier molecular flexibility index (Phi) is 6.91. The second-order valence-electron chi connectivity index (χ2n) is 7.18. The molecule has 0 aliphatic heterocycles. The summed E-state index contributed by atoms with van der Waals surface area (Å²) in [6.45, 7) is 3.10. The van der Waals surface area contributed by atoms with Gasteiger partial charge in [0.15, 0.2) is 0 Å². The van der Waals surface area contributed by atoms with E-state index in [1.54, 1.807) is 19.9 Å². The van der Waals surface area contributed by atoms with Gasteiger partial charge in [-0.25, -0.2) is 13.1 Å². The third kappa shape index (κ3) is 5.59. The first-order valence-electron chi connectivity index (χ1n) is 9.59. The smallest absolute Gasteiger partial charge is 0.348 e. The predicted molar refractivity (Wildman–Crippen MR) is 113 cm³/mol. The monoisotopic (exact) mass is 482 g/mol. The van der Waals surface area contributed by atoms with Gasteiger partial charge >= 0.3 is 6.18 Å². The van der Waals surface area contributed by atoms with Crippen LogP contribution in [0.5, 0.6) is 0 Å². The van der Waals surface area contributed by atoms with E-state index in [9.17, 15) is 26.4 Å². The van der Waals surface area contributed by atoms with Crippen LogP contribution in [0, 0.1) is 13.8 Å². The predicted octanol–water partition coefficient (Wildman–Crippen LogP) is 3.28. The number of aryl methyl sites for hydroxylation is 2. The lowest BCUT2D eigenvalue weighted by molar-refractivity contribution is -0.138. The number of rotatable bonds is 7. The number of aromatic nitrogens is 2. The van der Waals surface area contributed by atoms with Crippen molar-refractivity contribution in [2.75, 3.05) is 7.11 Å². The van der Waals surface area contributed by atoms with Crippen LogP contribution in [-0.2, 0) is 27.6 Å². The summed E-state index contributed by atoms with van der Waals surface area (Å²) in [5, 5.41) is 6.64. The molecule has 1 amide bonds. The van der Waals surface area contributed by atoms with E-state index in [0.717, 1.165) is 13.2 Å². The van der Waals surface area contributed by atoms with Crippen molar-refractivity contribution in [1.29, 1.82) is 0 Å². The van der Waals surface area contributed by atoms with Crippen LogP contribution in [0.25, 0.3) is 5.69 Å². The first-order valence-corrected chi connectivity index (χ1v) is 11.1. The lowest BCUT2D eigenvalue weighted by atomic mass is 10.1. The number of nitrogens with zero attached hydrogens (tertiary/aromatic N) is 2. The van der Waals surface area contributed by atoms with Crippen molar-refractivity contribution in [2.45, 2.75) is 31.5 Å². The van der Waals surface area contributed by atoms with E-state index in [2.05, 4.69) is 15.3 Å². The third-order valence-corrected chi connectivity index (χ3v) is 5.99. The van der Waals surface area contributed by atoms with Gasteiger partial charge in [-0.2, -0.15) is 18.3 Å². The summed E-state index contributed by atoms with van der Waals surface area (Å²) in [5.74, 6) is -0.658. The lowest BCUT2D eigenvalue weighted by Crippen LogP contribution is -2.25. The maximum absolute atomic E-state index is 13.7. The Balaban J connectivity index is 1.80. The summed E-state index contributed by atoms with van der Waals surface area (Å²) in [6.07, 6.45) is -4.64. The van der Waals surface area contributed by atoms with Gasteiger partial charge in [-0.3, -0.25) is 9.63 Å². The van der Waals surface area contributed by atoms with Crippen LogP contribution in [0.3, 0.4) is 0 Å². The van der Waals surface area contributed by atoms with Gasteiger partial charge < -0.3 is 5.32 Å². The van der Waals surface area contributed by atoms with Crippen LogP contribution < -0.4 is 10.2 Å². The second kappa shape index (κ2) is 9.33. The molecule has 0 radical (unpaired) electrons. The number of hydrogen-bond acceptors (Lipinski definition) is 5. The Labute approximate surface area is 188 Å². The molecule has 3 rings (SSSR count). The van der Waals surface area contributed by atoms with Crippen LogP contribution in [0.4, 0.5) is 13.2 Å². The van der Waals surface area contributed by atoms with Crippen molar-refractivity contribution in [3.05, 3.63) is 76.6 Å². The average Bonchev–Trinajstić information content (AvgIpc) is 3.09. The molecule has 33 heavy (non-hydrogen) atoms. The highest BCUT2D eigenvalue weighted by Crippen LogP contribution is 2.33. The molecule has 0 aliphatic rings. The van der Waals surface area contributed by atoms with Gasteiger partial charge in [0, 0.05) is 17.8 Å². The Hall–Kier alpha value is -3.22. The molecule has 0 unspecified atom stereocenters. The zero-order chi connectivity index (χ0) is 24.4. The molecule has 2 N–H and O–H groups in total. The third-order valence-electron chi connectivity index (χ3n) is 4.71. The number of nitrogens with one attached hydrogen (secondary N) is 2. The summed E-state index contributed by atoms with van der Waals surface area (Å²) >= 11 is 0. The molecule has 0 atom stereocenters. The van der Waals surface area contributed by atoms with E-state index >= 15 is 0 Å². The zero-order valence-electron chi connectivity index (χ0n) is 17.9. The first kappa shape index (κ1) is 24.4. The van der Waals surface area contributed by atoms with E-state index in [-0.39, 0.29) is 28.3 Å². The van der Waals surface area contributed by atoms with Crippen LogP contribution in [0.15, 0.2) is 53.4 Å². The number of amides is 1. The van der Waals surface area contributed by atoms with Crippen molar-refractivity contribution in [3.63, 3.8) is 0 Å². The molecule has 0 bridgehead atoms. The van der Waals surface area contributed by atoms with E-state index in [4.69, 9.17) is 0 Å². The molecule has 2 aromatic carbocycles. The molecule has 0 saturated heterocycles. The second-order valence-corrected chi connectivity index (χ2v) is 8.82. The molecule has 176 valence electrons. The Morgan fingerprint density at radius 2 is 1.76 bits per heavy atom. The summed E-state index contributed by atoms with van der Waals surface area (Å²) in [4.78, 5) is 18.5. The fourth-order valence-corrected chi connectivity index (χ4v) is 4.04. The van der Waals surface area contributed by atoms with E-state index in [1.807, 2.05) is 4.89 Å². The van der Waals surface area contributed by atoms with E-state index < -0.39 is 27.7 Å². The fraction of sp³-hybridized carbons (Fsp3) is 0.238. The molecule has 1 aromatic heterocycles. The molecule has 8 nitrogen and oxygen atoms in total. The Morgan fingerprint density at radius 1 is 1.09 bits per heavy atom. The van der Waals surface area contributed by atoms with Gasteiger partial charge in [0.05, 0.1) is 29.0 Å². The quantitative estimate of drug-likeness (QED) is 0.504. The largest absolute Gasteiger partial charge is 0.416 e. The van der Waals surface area contributed by atoms with Crippen molar-refractivity contribution in [2.24, 2.45) is 0 Å². The normalized spacial score (nSPS) is 12.1. The number of carbonyl (C=O) groups excluding carboxylic acids is 1.